The summed E-state index contributed by atoms with van der Waals surface area (Å²) in [4.78, 5) is 12.1. The summed E-state index contributed by atoms with van der Waals surface area (Å²) in [5, 5.41) is 3.20. The van der Waals surface area contributed by atoms with E-state index in [0.717, 1.165) is 6.54 Å². The van der Waals surface area contributed by atoms with Crippen LogP contribution in [0, 0.1) is 11.3 Å². The molecule has 0 saturated heterocycles. The molecule has 0 aliphatic heterocycles. The molecule has 3 nitrogen and oxygen atoms in total. The topological polar surface area (TPSA) is 42.2 Å². The van der Waals surface area contributed by atoms with E-state index in [1.165, 1.54) is 38.4 Å². The van der Waals surface area contributed by atoms with Gasteiger partial charge in [-0.1, -0.05) is 26.7 Å². The Morgan fingerprint density at radius 3 is 2.68 bits per heavy atom. The first kappa shape index (κ1) is 14.4. The highest BCUT2D eigenvalue weighted by molar-refractivity contribution is 6.32. The predicted octanol–water partition coefficient (Wildman–Crippen LogP) is 4.27. The quantitative estimate of drug-likeness (QED) is 0.877. The van der Waals surface area contributed by atoms with Crippen molar-refractivity contribution in [3.05, 3.63) is 23.1 Å². The van der Waals surface area contributed by atoms with Crippen LogP contribution >= 0.6 is 11.6 Å². The molecule has 1 aliphatic rings. The molecule has 4 heteroatoms. The first-order chi connectivity index (χ1) is 9.02. The number of amides is 1. The van der Waals surface area contributed by atoms with Crippen molar-refractivity contribution in [2.75, 3.05) is 6.54 Å². The summed E-state index contributed by atoms with van der Waals surface area (Å²) in [6.07, 6.45) is 7.59. The van der Waals surface area contributed by atoms with Gasteiger partial charge in [0.25, 0.3) is 5.91 Å². The second kappa shape index (κ2) is 6.00. The van der Waals surface area contributed by atoms with Crippen LogP contribution in [0.4, 0.5) is 0 Å². The predicted molar refractivity (Wildman–Crippen MR) is 76.4 cm³/mol. The number of furan rings is 1. The summed E-state index contributed by atoms with van der Waals surface area (Å²) in [5.74, 6) is 0.529. The van der Waals surface area contributed by atoms with E-state index >= 15 is 0 Å². The third-order valence-electron chi connectivity index (χ3n) is 3.99. The molecule has 1 fully saturated rings. The Morgan fingerprint density at radius 1 is 1.47 bits per heavy atom. The fourth-order valence-corrected chi connectivity index (χ4v) is 3.46. The van der Waals surface area contributed by atoms with Crippen molar-refractivity contribution in [3.8, 4) is 0 Å². The highest BCUT2D eigenvalue weighted by atomic mass is 35.5. The lowest BCUT2D eigenvalue weighted by atomic mass is 9.78. The van der Waals surface area contributed by atoms with Crippen LogP contribution in [0.3, 0.4) is 0 Å². The van der Waals surface area contributed by atoms with Crippen LogP contribution in [0.25, 0.3) is 0 Å². The first-order valence-electron chi connectivity index (χ1n) is 7.04. The lowest BCUT2D eigenvalue weighted by Crippen LogP contribution is -2.36. The zero-order chi connectivity index (χ0) is 13.9. The third kappa shape index (κ3) is 3.53. The third-order valence-corrected chi connectivity index (χ3v) is 4.28. The van der Waals surface area contributed by atoms with Gasteiger partial charge in [0.2, 0.25) is 5.22 Å². The van der Waals surface area contributed by atoms with E-state index in [4.69, 9.17) is 16.0 Å². The van der Waals surface area contributed by atoms with Crippen LogP contribution in [-0.2, 0) is 0 Å². The number of rotatable bonds is 5. The maximum Gasteiger partial charge on any atom is 0.256 e. The molecule has 19 heavy (non-hydrogen) atoms. The number of halogens is 1. The highest BCUT2D eigenvalue weighted by Gasteiger charge is 2.34. The number of hydrogen-bond acceptors (Lipinski definition) is 2. The molecule has 0 atom stereocenters. The number of carbonyl (C=O) groups excluding carboxylic acids is 1. The van der Waals surface area contributed by atoms with Crippen LogP contribution < -0.4 is 5.32 Å². The van der Waals surface area contributed by atoms with Crippen LogP contribution in [-0.4, -0.2) is 12.5 Å². The lowest BCUT2D eigenvalue weighted by Gasteiger charge is -2.31. The maximum absolute atomic E-state index is 12.1. The molecule has 1 saturated carbocycles. The molecule has 1 aromatic rings. The average molecular weight is 284 g/mol. The van der Waals surface area contributed by atoms with Gasteiger partial charge in [-0.2, -0.15) is 0 Å². The van der Waals surface area contributed by atoms with Crippen LogP contribution in [0.15, 0.2) is 16.7 Å². The Balaban J connectivity index is 1.96. The van der Waals surface area contributed by atoms with Gasteiger partial charge in [0, 0.05) is 6.54 Å². The fourth-order valence-electron chi connectivity index (χ4n) is 3.26. The molecule has 2 rings (SSSR count). The van der Waals surface area contributed by atoms with Gasteiger partial charge in [-0.25, -0.2) is 0 Å². The number of nitrogens with one attached hydrogen (secondary N) is 1. The molecular weight excluding hydrogens is 262 g/mol. The molecule has 0 radical (unpaired) electrons. The van der Waals surface area contributed by atoms with Gasteiger partial charge in [0.15, 0.2) is 0 Å². The van der Waals surface area contributed by atoms with Crippen LogP contribution in [0.1, 0.15) is 56.3 Å². The smallest absolute Gasteiger partial charge is 0.256 e. The molecule has 1 amide bonds. The highest BCUT2D eigenvalue weighted by Crippen LogP contribution is 2.42. The van der Waals surface area contributed by atoms with E-state index < -0.39 is 0 Å². The van der Waals surface area contributed by atoms with Gasteiger partial charge < -0.3 is 9.73 Å². The zero-order valence-electron chi connectivity index (χ0n) is 11.7. The van der Waals surface area contributed by atoms with Crippen molar-refractivity contribution in [2.24, 2.45) is 11.3 Å². The van der Waals surface area contributed by atoms with E-state index in [1.54, 1.807) is 6.07 Å². The van der Waals surface area contributed by atoms with E-state index in [9.17, 15) is 4.79 Å². The molecule has 0 bridgehead atoms. The molecule has 1 aromatic heterocycles. The minimum Gasteiger partial charge on any atom is -0.452 e. The van der Waals surface area contributed by atoms with Crippen molar-refractivity contribution < 1.29 is 9.21 Å². The van der Waals surface area contributed by atoms with Gasteiger partial charge in [0.05, 0.1) is 11.8 Å². The molecule has 106 valence electrons. The molecule has 1 heterocycles. The summed E-state index contributed by atoms with van der Waals surface area (Å²) in [7, 11) is 0. The van der Waals surface area contributed by atoms with Crippen molar-refractivity contribution >= 4 is 17.5 Å². The van der Waals surface area contributed by atoms with Crippen molar-refractivity contribution in [1.29, 1.82) is 0 Å². The molecular formula is C15H22ClNO2. The zero-order valence-corrected chi connectivity index (χ0v) is 12.4. The Bertz CT molecular complexity index is 433. The summed E-state index contributed by atoms with van der Waals surface area (Å²) in [6.45, 7) is 5.23. The molecule has 0 unspecified atom stereocenters. The molecule has 1 N–H and O–H groups in total. The number of carbonyl (C=O) groups is 1. The summed E-state index contributed by atoms with van der Waals surface area (Å²) < 4.78 is 4.95. The Morgan fingerprint density at radius 2 is 2.16 bits per heavy atom. The Hall–Kier alpha value is -0.960. The Kier molecular flexibility index (Phi) is 4.56. The summed E-state index contributed by atoms with van der Waals surface area (Å²) in [6, 6.07) is 1.61. The standard InChI is InChI=1S/C15H22ClNO2/c1-11(2)9-15(6-3-4-7-15)10-17-14(18)12-5-8-19-13(12)16/h5,8,11H,3-4,6-7,9-10H2,1-2H3,(H,17,18). The van der Waals surface area contributed by atoms with Gasteiger partial charge in [-0.15, -0.1) is 0 Å². The van der Waals surface area contributed by atoms with E-state index in [-0.39, 0.29) is 16.5 Å². The average Bonchev–Trinajstić information content (AvgIpc) is 2.95. The van der Waals surface area contributed by atoms with Crippen molar-refractivity contribution in [2.45, 2.75) is 46.0 Å². The number of hydrogen-bond donors (Lipinski definition) is 1. The summed E-state index contributed by atoms with van der Waals surface area (Å²) in [5.41, 5.74) is 0.708. The second-order valence-corrected chi connectivity index (χ2v) is 6.44. The van der Waals surface area contributed by atoms with E-state index in [1.807, 2.05) is 0 Å². The maximum atomic E-state index is 12.1. The fraction of sp³-hybridized carbons (Fsp3) is 0.667. The second-order valence-electron chi connectivity index (χ2n) is 6.10. The summed E-state index contributed by atoms with van der Waals surface area (Å²) >= 11 is 5.82. The Labute approximate surface area is 119 Å². The van der Waals surface area contributed by atoms with Crippen LogP contribution in [0.5, 0.6) is 0 Å². The van der Waals surface area contributed by atoms with Crippen molar-refractivity contribution in [3.63, 3.8) is 0 Å². The molecule has 0 spiro atoms. The normalized spacial score (nSPS) is 17.9. The minimum atomic E-state index is -0.131. The minimum absolute atomic E-state index is 0.131. The van der Waals surface area contributed by atoms with Gasteiger partial charge in [-0.05, 0) is 48.3 Å². The van der Waals surface area contributed by atoms with Gasteiger partial charge in [-0.3, -0.25) is 4.79 Å². The van der Waals surface area contributed by atoms with E-state index in [2.05, 4.69) is 19.2 Å². The van der Waals surface area contributed by atoms with Gasteiger partial charge >= 0.3 is 0 Å². The first-order valence-corrected chi connectivity index (χ1v) is 7.41. The lowest BCUT2D eigenvalue weighted by molar-refractivity contribution is 0.0921. The van der Waals surface area contributed by atoms with Gasteiger partial charge in [0.1, 0.15) is 0 Å². The van der Waals surface area contributed by atoms with Crippen LogP contribution in [0.2, 0.25) is 5.22 Å². The largest absolute Gasteiger partial charge is 0.452 e. The molecule has 0 aromatic carbocycles. The van der Waals surface area contributed by atoms with E-state index in [0.29, 0.717) is 11.5 Å². The monoisotopic (exact) mass is 283 g/mol. The molecule has 1 aliphatic carbocycles. The van der Waals surface area contributed by atoms with Crippen molar-refractivity contribution in [1.82, 2.24) is 5.32 Å². The SMILES string of the molecule is CC(C)CC1(CNC(=O)c2ccoc2Cl)CCCC1.